The molecule has 158 valence electrons. The SMILES string of the molecule is O=C([C@H]1C[C@@H]2C=C[C@H]1C2)N1CC[NH+](Cc2nc3sc4c(c3c(=O)[nH]2)CCCC4)CC1. The van der Waals surface area contributed by atoms with E-state index in [0.29, 0.717) is 17.7 Å². The van der Waals surface area contributed by atoms with Crippen LogP contribution in [0.25, 0.3) is 10.2 Å². The van der Waals surface area contributed by atoms with E-state index in [2.05, 4.69) is 22.0 Å². The smallest absolute Gasteiger partial charge is 0.260 e. The Hall–Kier alpha value is -1.99. The van der Waals surface area contributed by atoms with Gasteiger partial charge >= 0.3 is 0 Å². The number of hydrogen-bond acceptors (Lipinski definition) is 4. The third-order valence-electron chi connectivity index (χ3n) is 7.67. The van der Waals surface area contributed by atoms with Crippen LogP contribution in [0.15, 0.2) is 16.9 Å². The summed E-state index contributed by atoms with van der Waals surface area (Å²) in [5.41, 5.74) is 1.28. The van der Waals surface area contributed by atoms with Crippen LogP contribution in [0.4, 0.5) is 0 Å². The number of quaternary nitrogens is 1. The van der Waals surface area contributed by atoms with Crippen LogP contribution in [-0.2, 0) is 24.2 Å². The number of amides is 1. The molecule has 4 aliphatic rings. The lowest BCUT2D eigenvalue weighted by atomic mass is 9.92. The molecule has 1 saturated carbocycles. The molecule has 6 rings (SSSR count). The van der Waals surface area contributed by atoms with Gasteiger partial charge in [0.15, 0.2) is 5.82 Å². The van der Waals surface area contributed by atoms with Gasteiger partial charge in [0.05, 0.1) is 31.6 Å². The second kappa shape index (κ2) is 7.31. The molecule has 2 N–H and O–H groups in total. The quantitative estimate of drug-likeness (QED) is 0.729. The van der Waals surface area contributed by atoms with Crippen LogP contribution < -0.4 is 10.5 Å². The molecule has 7 heteroatoms. The number of allylic oxidation sites excluding steroid dienone is 2. The highest BCUT2D eigenvalue weighted by atomic mass is 32.1. The molecule has 2 fully saturated rings. The standard InChI is InChI=1S/C23H28N4O2S/c28-21-20-16-3-1-2-4-18(16)30-22(20)25-19(24-21)13-26-7-9-27(10-8-26)23(29)17-12-14-5-6-15(17)11-14/h5-6,14-15,17H,1-4,7-13H2,(H,24,25,28)/p+1/t14-,15+,17+/m1/s1. The van der Waals surface area contributed by atoms with Crippen LogP contribution >= 0.6 is 11.3 Å². The minimum absolute atomic E-state index is 0.0342. The first-order valence-electron chi connectivity index (χ1n) is 11.5. The van der Waals surface area contributed by atoms with E-state index in [9.17, 15) is 9.59 Å². The summed E-state index contributed by atoms with van der Waals surface area (Å²) in [7, 11) is 0. The number of rotatable bonds is 3. The summed E-state index contributed by atoms with van der Waals surface area (Å²) >= 11 is 1.72. The number of aryl methyl sites for hydroxylation is 2. The van der Waals surface area contributed by atoms with Crippen LogP contribution in [-0.4, -0.2) is 47.0 Å². The van der Waals surface area contributed by atoms with E-state index >= 15 is 0 Å². The van der Waals surface area contributed by atoms with Gasteiger partial charge in [-0.2, -0.15) is 0 Å². The van der Waals surface area contributed by atoms with Crippen LogP contribution in [0.1, 0.15) is 41.9 Å². The molecular formula is C23H29N4O2S+. The Balaban J connectivity index is 1.12. The molecule has 0 spiro atoms. The molecule has 0 aromatic carbocycles. The second-order valence-corrected chi connectivity index (χ2v) is 10.6. The highest BCUT2D eigenvalue weighted by Crippen LogP contribution is 2.44. The summed E-state index contributed by atoms with van der Waals surface area (Å²) in [4.78, 5) is 39.4. The van der Waals surface area contributed by atoms with Crippen LogP contribution in [0, 0.1) is 17.8 Å². The van der Waals surface area contributed by atoms with E-state index < -0.39 is 0 Å². The normalized spacial score (nSPS) is 28.4. The summed E-state index contributed by atoms with van der Waals surface area (Å²) in [6, 6.07) is 0. The van der Waals surface area contributed by atoms with Crippen LogP contribution in [0.3, 0.4) is 0 Å². The molecule has 3 aliphatic carbocycles. The predicted octanol–water partition coefficient (Wildman–Crippen LogP) is 1.30. The zero-order valence-electron chi connectivity index (χ0n) is 17.3. The molecule has 2 bridgehead atoms. The van der Waals surface area contributed by atoms with E-state index in [0.717, 1.165) is 68.0 Å². The van der Waals surface area contributed by atoms with Gasteiger partial charge < -0.3 is 14.8 Å². The first-order valence-corrected chi connectivity index (χ1v) is 12.3. The van der Waals surface area contributed by atoms with E-state index in [1.54, 1.807) is 11.3 Å². The number of carbonyl (C=O) groups is 1. The summed E-state index contributed by atoms with van der Waals surface area (Å²) in [5, 5.41) is 0.837. The second-order valence-electron chi connectivity index (χ2n) is 9.54. The lowest BCUT2D eigenvalue weighted by molar-refractivity contribution is -0.918. The predicted molar refractivity (Wildman–Crippen MR) is 117 cm³/mol. The Morgan fingerprint density at radius 3 is 2.80 bits per heavy atom. The van der Waals surface area contributed by atoms with Crippen molar-refractivity contribution in [3.63, 3.8) is 0 Å². The van der Waals surface area contributed by atoms with E-state index in [1.807, 2.05) is 0 Å². The van der Waals surface area contributed by atoms with E-state index in [1.165, 1.54) is 34.6 Å². The number of nitrogens with zero attached hydrogens (tertiary/aromatic N) is 2. The number of aromatic amines is 1. The molecule has 0 radical (unpaired) electrons. The maximum Gasteiger partial charge on any atom is 0.260 e. The molecule has 2 aromatic heterocycles. The third-order valence-corrected chi connectivity index (χ3v) is 8.86. The van der Waals surface area contributed by atoms with Gasteiger partial charge in [0, 0.05) is 10.8 Å². The van der Waals surface area contributed by atoms with Crippen molar-refractivity contribution >= 4 is 27.5 Å². The summed E-state index contributed by atoms with van der Waals surface area (Å²) in [6.07, 6.45) is 11.3. The lowest BCUT2D eigenvalue weighted by Gasteiger charge is -2.34. The van der Waals surface area contributed by atoms with Crippen LogP contribution in [0.5, 0.6) is 0 Å². The summed E-state index contributed by atoms with van der Waals surface area (Å²) < 4.78 is 0. The average molecular weight is 426 g/mol. The molecule has 3 atom stereocenters. The molecular weight excluding hydrogens is 396 g/mol. The number of carbonyl (C=O) groups excluding carboxylic acids is 1. The minimum Gasteiger partial charge on any atom is -0.331 e. The van der Waals surface area contributed by atoms with E-state index in [4.69, 9.17) is 4.98 Å². The van der Waals surface area contributed by atoms with Crippen molar-refractivity contribution in [2.45, 2.75) is 45.1 Å². The lowest BCUT2D eigenvalue weighted by Crippen LogP contribution is -3.13. The van der Waals surface area contributed by atoms with Crippen molar-refractivity contribution in [1.29, 1.82) is 0 Å². The highest BCUT2D eigenvalue weighted by molar-refractivity contribution is 7.18. The Labute approximate surface area is 180 Å². The molecule has 1 aliphatic heterocycles. The van der Waals surface area contributed by atoms with E-state index in [-0.39, 0.29) is 11.5 Å². The van der Waals surface area contributed by atoms with Gasteiger partial charge in [0.25, 0.3) is 5.56 Å². The highest BCUT2D eigenvalue weighted by Gasteiger charge is 2.42. The van der Waals surface area contributed by atoms with Crippen molar-refractivity contribution in [2.24, 2.45) is 17.8 Å². The van der Waals surface area contributed by atoms with Gasteiger partial charge in [0.1, 0.15) is 11.4 Å². The number of hydrogen-bond donors (Lipinski definition) is 2. The minimum atomic E-state index is 0.0342. The summed E-state index contributed by atoms with van der Waals surface area (Å²) in [5.74, 6) is 2.48. The van der Waals surface area contributed by atoms with Gasteiger partial charge in [0.2, 0.25) is 5.91 Å². The molecule has 3 heterocycles. The molecule has 0 unspecified atom stereocenters. The van der Waals surface area contributed by atoms with Gasteiger partial charge in [-0.05, 0) is 55.9 Å². The Kier molecular flexibility index (Phi) is 4.57. The zero-order valence-corrected chi connectivity index (χ0v) is 18.1. The average Bonchev–Trinajstić information content (AvgIpc) is 3.47. The van der Waals surface area contributed by atoms with Crippen molar-refractivity contribution in [3.8, 4) is 0 Å². The Bertz CT molecular complexity index is 1080. The fourth-order valence-corrected chi connectivity index (χ4v) is 7.33. The van der Waals surface area contributed by atoms with Gasteiger partial charge in [-0.25, -0.2) is 4.98 Å². The maximum atomic E-state index is 13.0. The first kappa shape index (κ1) is 18.8. The number of fused-ring (bicyclic) bond motifs is 5. The largest absolute Gasteiger partial charge is 0.331 e. The van der Waals surface area contributed by atoms with Gasteiger partial charge in [-0.1, -0.05) is 12.2 Å². The molecule has 1 amide bonds. The molecule has 1 saturated heterocycles. The number of piperazine rings is 1. The van der Waals surface area contributed by atoms with Crippen molar-refractivity contribution in [2.75, 3.05) is 26.2 Å². The number of H-pyrrole nitrogens is 1. The van der Waals surface area contributed by atoms with Gasteiger partial charge in [-0.15, -0.1) is 11.3 Å². The summed E-state index contributed by atoms with van der Waals surface area (Å²) in [6.45, 7) is 4.19. The number of nitrogens with one attached hydrogen (secondary N) is 2. The topological polar surface area (TPSA) is 70.5 Å². The number of aromatic nitrogens is 2. The molecule has 6 nitrogen and oxygen atoms in total. The third kappa shape index (κ3) is 3.14. The monoisotopic (exact) mass is 425 g/mol. The van der Waals surface area contributed by atoms with Crippen molar-refractivity contribution in [1.82, 2.24) is 14.9 Å². The molecule has 2 aromatic rings. The van der Waals surface area contributed by atoms with Crippen LogP contribution in [0.2, 0.25) is 0 Å². The maximum absolute atomic E-state index is 13.0. The first-order chi connectivity index (χ1) is 14.7. The fraction of sp³-hybridized carbons (Fsp3) is 0.609. The number of thiophene rings is 1. The van der Waals surface area contributed by atoms with Gasteiger partial charge in [-0.3, -0.25) is 9.59 Å². The zero-order chi connectivity index (χ0) is 20.2. The Morgan fingerprint density at radius 1 is 1.20 bits per heavy atom. The fourth-order valence-electron chi connectivity index (χ4n) is 6.05. The van der Waals surface area contributed by atoms with Crippen molar-refractivity contribution < 1.29 is 9.69 Å². The molecule has 30 heavy (non-hydrogen) atoms. The Morgan fingerprint density at radius 2 is 2.03 bits per heavy atom. The van der Waals surface area contributed by atoms with Crippen molar-refractivity contribution in [3.05, 3.63) is 38.8 Å².